The molecule has 1 fully saturated rings. The Morgan fingerprint density at radius 2 is 1.86 bits per heavy atom. The van der Waals surface area contributed by atoms with Crippen LogP contribution < -0.4 is 0 Å². The Kier molecular flexibility index (Phi) is 6.12. The molecule has 0 bridgehead atoms. The number of ether oxygens (including phenoxy) is 2. The lowest BCUT2D eigenvalue weighted by Gasteiger charge is -2.34. The van der Waals surface area contributed by atoms with Crippen molar-refractivity contribution in [3.63, 3.8) is 0 Å². The Bertz CT molecular complexity index is 727. The number of esters is 2. The predicted molar refractivity (Wildman–Crippen MR) is 105 cm³/mol. The number of carbonyl (C=O) groups is 2. The number of nitrogens with zero attached hydrogens (tertiary/aromatic N) is 3. The molecule has 0 unspecified atom stereocenters. The fourth-order valence-corrected chi connectivity index (χ4v) is 4.30. The van der Waals surface area contributed by atoms with Gasteiger partial charge in [-0.2, -0.15) is 0 Å². The van der Waals surface area contributed by atoms with Crippen LogP contribution in [-0.2, 0) is 34.3 Å². The summed E-state index contributed by atoms with van der Waals surface area (Å²) in [5.41, 5.74) is 1.70. The molecule has 1 aromatic rings. The van der Waals surface area contributed by atoms with Crippen molar-refractivity contribution >= 4 is 11.9 Å². The monoisotopic (exact) mass is 391 g/mol. The maximum Gasteiger partial charge on any atom is 0.374 e. The molecule has 7 heteroatoms. The van der Waals surface area contributed by atoms with Crippen molar-refractivity contribution in [2.45, 2.75) is 65.0 Å². The van der Waals surface area contributed by atoms with Gasteiger partial charge in [-0.25, -0.2) is 9.78 Å². The zero-order chi connectivity index (χ0) is 20.5. The van der Waals surface area contributed by atoms with Crippen LogP contribution in [0.15, 0.2) is 0 Å². The highest BCUT2D eigenvalue weighted by Gasteiger charge is 2.32. The van der Waals surface area contributed by atoms with E-state index in [-0.39, 0.29) is 17.9 Å². The molecule has 3 rings (SSSR count). The molecule has 1 aliphatic carbocycles. The van der Waals surface area contributed by atoms with Crippen molar-refractivity contribution in [3.05, 3.63) is 17.2 Å². The van der Waals surface area contributed by atoms with Crippen molar-refractivity contribution in [3.8, 4) is 0 Å². The van der Waals surface area contributed by atoms with Crippen LogP contribution in [0.3, 0.4) is 0 Å². The van der Waals surface area contributed by atoms with Gasteiger partial charge in [0.05, 0.1) is 24.4 Å². The van der Waals surface area contributed by atoms with Crippen LogP contribution in [0.5, 0.6) is 0 Å². The average molecular weight is 392 g/mol. The quantitative estimate of drug-likeness (QED) is 0.735. The summed E-state index contributed by atoms with van der Waals surface area (Å²) in [5.74, 6) is 0.603. The minimum atomic E-state index is -0.411. The predicted octanol–water partition coefficient (Wildman–Crippen LogP) is 2.71. The molecule has 0 atom stereocenters. The molecule has 0 saturated heterocycles. The van der Waals surface area contributed by atoms with Gasteiger partial charge in [-0.15, -0.1) is 0 Å². The summed E-state index contributed by atoms with van der Waals surface area (Å²) < 4.78 is 12.2. The lowest BCUT2D eigenvalue weighted by atomic mass is 9.81. The number of hydrogen-bond donors (Lipinski definition) is 0. The van der Waals surface area contributed by atoms with E-state index in [2.05, 4.69) is 9.88 Å². The van der Waals surface area contributed by atoms with Crippen molar-refractivity contribution in [1.29, 1.82) is 0 Å². The van der Waals surface area contributed by atoms with E-state index in [1.165, 1.54) is 7.11 Å². The Balaban J connectivity index is 1.52. The number of rotatable bonds is 4. The maximum absolute atomic E-state index is 12.3. The first kappa shape index (κ1) is 20.8. The Hall–Kier alpha value is -1.89. The summed E-state index contributed by atoms with van der Waals surface area (Å²) in [6.07, 6.45) is 4.80. The van der Waals surface area contributed by atoms with Crippen molar-refractivity contribution in [1.82, 2.24) is 14.5 Å². The molecule has 28 heavy (non-hydrogen) atoms. The second kappa shape index (κ2) is 8.23. The van der Waals surface area contributed by atoms with Gasteiger partial charge < -0.3 is 14.0 Å². The Morgan fingerprint density at radius 3 is 2.46 bits per heavy atom. The standard InChI is InChI=1S/C21H33N3O4/c1-21(2,3)28-19(25)15-8-6-14(7-9-15)12-24-11-10-16-17(13-24)23(4)18(22-16)20(26)27-5/h14-15H,6-13H2,1-5H3/t14-,15-. The number of carbonyl (C=O) groups excluding carboxylic acids is 2. The minimum Gasteiger partial charge on any atom is -0.463 e. The molecule has 0 N–H and O–H groups in total. The number of hydrogen-bond acceptors (Lipinski definition) is 6. The molecule has 1 aromatic heterocycles. The summed E-state index contributed by atoms with van der Waals surface area (Å²) in [7, 11) is 3.27. The van der Waals surface area contributed by atoms with Gasteiger partial charge in [-0.1, -0.05) is 0 Å². The third-order valence-corrected chi connectivity index (χ3v) is 5.81. The molecule has 0 radical (unpaired) electrons. The molecule has 0 spiro atoms. The second-order valence-corrected chi connectivity index (χ2v) is 9.12. The molecule has 1 aliphatic heterocycles. The van der Waals surface area contributed by atoms with Crippen LogP contribution in [0.1, 0.15) is 68.5 Å². The molecular weight excluding hydrogens is 358 g/mol. The zero-order valence-electron chi connectivity index (χ0n) is 17.8. The van der Waals surface area contributed by atoms with E-state index in [9.17, 15) is 9.59 Å². The van der Waals surface area contributed by atoms with Gasteiger partial charge in [-0.05, 0) is 52.4 Å². The molecule has 7 nitrogen and oxygen atoms in total. The fourth-order valence-electron chi connectivity index (χ4n) is 4.30. The first-order valence-electron chi connectivity index (χ1n) is 10.3. The van der Waals surface area contributed by atoms with Gasteiger partial charge in [0.25, 0.3) is 0 Å². The van der Waals surface area contributed by atoms with E-state index in [4.69, 9.17) is 9.47 Å². The minimum absolute atomic E-state index is 0.0428. The topological polar surface area (TPSA) is 73.7 Å². The first-order chi connectivity index (χ1) is 13.2. The third-order valence-electron chi connectivity index (χ3n) is 5.81. The van der Waals surface area contributed by atoms with Crippen molar-refractivity contribution in [2.24, 2.45) is 18.9 Å². The molecule has 156 valence electrons. The summed E-state index contributed by atoms with van der Waals surface area (Å²) in [4.78, 5) is 31.1. The van der Waals surface area contributed by atoms with Gasteiger partial charge in [0.1, 0.15) is 5.60 Å². The van der Waals surface area contributed by atoms with Crippen LogP contribution in [0.2, 0.25) is 0 Å². The largest absolute Gasteiger partial charge is 0.463 e. The average Bonchev–Trinajstić information content (AvgIpc) is 2.97. The molecule has 2 aliphatic rings. The lowest BCUT2D eigenvalue weighted by molar-refractivity contribution is -0.161. The van der Waals surface area contributed by atoms with E-state index in [0.29, 0.717) is 11.7 Å². The molecule has 1 saturated carbocycles. The van der Waals surface area contributed by atoms with Gasteiger partial charge in [0.2, 0.25) is 5.82 Å². The maximum atomic E-state index is 12.3. The summed E-state index contributed by atoms with van der Waals surface area (Å²) >= 11 is 0. The van der Waals surface area contributed by atoms with Crippen molar-refractivity contribution in [2.75, 3.05) is 20.2 Å². The van der Waals surface area contributed by atoms with Crippen LogP contribution in [0.4, 0.5) is 0 Å². The highest BCUT2D eigenvalue weighted by Crippen LogP contribution is 2.32. The number of aromatic nitrogens is 2. The number of fused-ring (bicyclic) bond motifs is 1. The van der Waals surface area contributed by atoms with E-state index < -0.39 is 5.60 Å². The second-order valence-electron chi connectivity index (χ2n) is 9.12. The highest BCUT2D eigenvalue weighted by atomic mass is 16.6. The van der Waals surface area contributed by atoms with E-state index >= 15 is 0 Å². The molecule has 2 heterocycles. The fraction of sp³-hybridized carbons (Fsp3) is 0.762. The Morgan fingerprint density at radius 1 is 1.18 bits per heavy atom. The smallest absolute Gasteiger partial charge is 0.374 e. The molecule has 0 aromatic carbocycles. The summed E-state index contributed by atoms with van der Waals surface area (Å²) in [6.45, 7) is 8.55. The number of methoxy groups -OCH3 is 1. The molecular formula is C21H33N3O4. The SMILES string of the molecule is COC(=O)c1nc2c(n1C)CN(C[C@H]1CC[C@H](C(=O)OC(C)(C)C)CC1)CC2. The van der Waals surface area contributed by atoms with Gasteiger partial charge in [0.15, 0.2) is 0 Å². The van der Waals surface area contributed by atoms with Crippen molar-refractivity contribution < 1.29 is 19.1 Å². The van der Waals surface area contributed by atoms with Crippen LogP contribution in [-0.4, -0.2) is 52.2 Å². The van der Waals surface area contributed by atoms with Crippen LogP contribution >= 0.6 is 0 Å². The number of imidazole rings is 1. The summed E-state index contributed by atoms with van der Waals surface area (Å²) in [5, 5.41) is 0. The van der Waals surface area contributed by atoms with Crippen LogP contribution in [0.25, 0.3) is 0 Å². The highest BCUT2D eigenvalue weighted by molar-refractivity contribution is 5.85. The third kappa shape index (κ3) is 4.74. The lowest BCUT2D eigenvalue weighted by Crippen LogP contribution is -2.37. The van der Waals surface area contributed by atoms with Crippen LogP contribution in [0, 0.1) is 11.8 Å². The van der Waals surface area contributed by atoms with Gasteiger partial charge in [-0.3, -0.25) is 9.69 Å². The Labute approximate surface area is 167 Å². The van der Waals surface area contributed by atoms with Gasteiger partial charge >= 0.3 is 11.9 Å². The van der Waals surface area contributed by atoms with E-state index in [0.717, 1.165) is 63.1 Å². The summed E-state index contributed by atoms with van der Waals surface area (Å²) in [6, 6.07) is 0. The van der Waals surface area contributed by atoms with E-state index in [1.807, 2.05) is 32.4 Å². The zero-order valence-corrected chi connectivity index (χ0v) is 17.8. The van der Waals surface area contributed by atoms with E-state index in [1.54, 1.807) is 0 Å². The molecule has 0 amide bonds. The normalized spacial score (nSPS) is 23.2. The van der Waals surface area contributed by atoms with Gasteiger partial charge in [0, 0.05) is 33.1 Å². The first-order valence-corrected chi connectivity index (χ1v) is 10.3.